The summed E-state index contributed by atoms with van der Waals surface area (Å²) in [7, 11) is 0. The van der Waals surface area contributed by atoms with Crippen LogP contribution in [-0.2, 0) is 11.3 Å². The molecule has 3 N–H and O–H groups in total. The molecule has 0 spiro atoms. The Hall–Kier alpha value is -0.870. The third kappa shape index (κ3) is 6.53. The summed E-state index contributed by atoms with van der Waals surface area (Å²) in [6.45, 7) is 6.06. The standard InChI is InChI=1S/C12H21N5O2.HI/c13-12(15-10-11-2-7-19-16-11)14-3-1-4-17-5-8-18-9-6-17;/h2,7H,1,3-6,8-10H2,(H3,13,14,15);1H. The molecule has 0 aromatic carbocycles. The molecule has 0 aliphatic carbocycles. The number of aromatic nitrogens is 1. The Bertz CT molecular complexity index is 379. The number of hydrogen-bond donors (Lipinski definition) is 2. The van der Waals surface area contributed by atoms with Gasteiger partial charge in [0.1, 0.15) is 12.0 Å². The number of nitrogens with zero attached hydrogens (tertiary/aromatic N) is 3. The second-order valence-electron chi connectivity index (χ2n) is 4.43. The van der Waals surface area contributed by atoms with Gasteiger partial charge in [-0.15, -0.1) is 24.0 Å². The summed E-state index contributed by atoms with van der Waals surface area (Å²) in [5.41, 5.74) is 6.53. The highest BCUT2D eigenvalue weighted by atomic mass is 127. The monoisotopic (exact) mass is 395 g/mol. The maximum atomic E-state index is 5.76. The Balaban J connectivity index is 0.00000200. The SMILES string of the molecule is I.NC(=NCc1ccon1)NCCCN1CCOCC1. The number of nitrogens with one attached hydrogen (secondary N) is 1. The van der Waals surface area contributed by atoms with Crippen LogP contribution in [-0.4, -0.2) is 55.4 Å². The molecule has 1 aromatic rings. The average molecular weight is 395 g/mol. The second kappa shape index (κ2) is 9.94. The van der Waals surface area contributed by atoms with E-state index in [9.17, 15) is 0 Å². The predicted octanol–water partition coefficient (Wildman–Crippen LogP) is 0.419. The molecule has 7 nitrogen and oxygen atoms in total. The van der Waals surface area contributed by atoms with Gasteiger partial charge in [0.25, 0.3) is 0 Å². The smallest absolute Gasteiger partial charge is 0.188 e. The zero-order valence-electron chi connectivity index (χ0n) is 11.5. The number of ether oxygens (including phenoxy) is 1. The van der Waals surface area contributed by atoms with Gasteiger partial charge in [0, 0.05) is 25.7 Å². The Labute approximate surface area is 135 Å². The van der Waals surface area contributed by atoms with Crippen LogP contribution in [0.25, 0.3) is 0 Å². The van der Waals surface area contributed by atoms with E-state index < -0.39 is 0 Å². The molecule has 1 fully saturated rings. The van der Waals surface area contributed by atoms with Gasteiger partial charge in [-0.2, -0.15) is 0 Å². The van der Waals surface area contributed by atoms with E-state index in [1.54, 1.807) is 6.07 Å². The first kappa shape index (κ1) is 17.2. The molecule has 1 saturated heterocycles. The summed E-state index contributed by atoms with van der Waals surface area (Å²) in [4.78, 5) is 6.57. The minimum atomic E-state index is 0. The number of halogens is 1. The molecule has 0 amide bonds. The normalized spacial score (nSPS) is 16.7. The van der Waals surface area contributed by atoms with E-state index in [2.05, 4.69) is 20.4 Å². The third-order valence-electron chi connectivity index (χ3n) is 2.96. The number of aliphatic imine (C=N–C) groups is 1. The zero-order valence-corrected chi connectivity index (χ0v) is 13.8. The van der Waals surface area contributed by atoms with Gasteiger partial charge in [0.2, 0.25) is 0 Å². The average Bonchev–Trinajstić information content (AvgIpc) is 2.96. The minimum Gasteiger partial charge on any atom is -0.379 e. The summed E-state index contributed by atoms with van der Waals surface area (Å²) in [6.07, 6.45) is 2.57. The molecule has 8 heteroatoms. The Kier molecular flexibility index (Phi) is 8.54. The Morgan fingerprint density at radius 1 is 1.45 bits per heavy atom. The highest BCUT2D eigenvalue weighted by molar-refractivity contribution is 14.0. The fourth-order valence-corrected chi connectivity index (χ4v) is 1.89. The van der Waals surface area contributed by atoms with E-state index in [0.717, 1.165) is 51.5 Å². The van der Waals surface area contributed by atoms with Gasteiger partial charge in [-0.1, -0.05) is 5.16 Å². The van der Waals surface area contributed by atoms with Gasteiger partial charge in [-0.25, -0.2) is 4.99 Å². The van der Waals surface area contributed by atoms with Crippen LogP contribution in [0, 0.1) is 0 Å². The maximum absolute atomic E-state index is 5.76. The quantitative estimate of drug-likeness (QED) is 0.314. The van der Waals surface area contributed by atoms with E-state index in [-0.39, 0.29) is 24.0 Å². The van der Waals surface area contributed by atoms with Crippen molar-refractivity contribution in [1.82, 2.24) is 15.4 Å². The van der Waals surface area contributed by atoms with E-state index in [1.165, 1.54) is 6.26 Å². The van der Waals surface area contributed by atoms with E-state index in [4.69, 9.17) is 15.0 Å². The Morgan fingerprint density at radius 3 is 2.95 bits per heavy atom. The van der Waals surface area contributed by atoms with Crippen LogP contribution in [0.2, 0.25) is 0 Å². The number of nitrogens with two attached hydrogens (primary N) is 1. The summed E-state index contributed by atoms with van der Waals surface area (Å²) in [6, 6.07) is 1.77. The molecule has 20 heavy (non-hydrogen) atoms. The second-order valence-corrected chi connectivity index (χ2v) is 4.43. The van der Waals surface area contributed by atoms with Crippen molar-refractivity contribution in [2.75, 3.05) is 39.4 Å². The Morgan fingerprint density at radius 2 is 2.25 bits per heavy atom. The van der Waals surface area contributed by atoms with Gasteiger partial charge in [0.05, 0.1) is 19.8 Å². The number of rotatable bonds is 6. The number of guanidine groups is 1. The van der Waals surface area contributed by atoms with E-state index >= 15 is 0 Å². The summed E-state index contributed by atoms with van der Waals surface area (Å²) >= 11 is 0. The van der Waals surface area contributed by atoms with Gasteiger partial charge in [-0.3, -0.25) is 4.90 Å². The molecular formula is C12H22IN5O2. The van der Waals surface area contributed by atoms with Crippen molar-refractivity contribution in [3.05, 3.63) is 18.0 Å². The van der Waals surface area contributed by atoms with Crippen molar-refractivity contribution in [2.24, 2.45) is 10.7 Å². The molecule has 0 bridgehead atoms. The van der Waals surface area contributed by atoms with Gasteiger partial charge in [0.15, 0.2) is 5.96 Å². The maximum Gasteiger partial charge on any atom is 0.188 e. The highest BCUT2D eigenvalue weighted by Crippen LogP contribution is 1.97. The molecule has 1 aliphatic rings. The van der Waals surface area contributed by atoms with Crippen LogP contribution in [0.5, 0.6) is 0 Å². The lowest BCUT2D eigenvalue weighted by molar-refractivity contribution is 0.0376. The number of morpholine rings is 1. The lowest BCUT2D eigenvalue weighted by atomic mass is 10.3. The lowest BCUT2D eigenvalue weighted by Crippen LogP contribution is -2.39. The summed E-state index contributed by atoms with van der Waals surface area (Å²) < 4.78 is 10.0. The van der Waals surface area contributed by atoms with Gasteiger partial charge < -0.3 is 20.3 Å². The molecule has 2 rings (SSSR count). The highest BCUT2D eigenvalue weighted by Gasteiger charge is 2.08. The van der Waals surface area contributed by atoms with Crippen molar-refractivity contribution >= 4 is 29.9 Å². The van der Waals surface area contributed by atoms with Crippen molar-refractivity contribution in [3.63, 3.8) is 0 Å². The minimum absolute atomic E-state index is 0. The molecule has 1 aromatic heterocycles. The van der Waals surface area contributed by atoms with E-state index in [1.807, 2.05) is 0 Å². The van der Waals surface area contributed by atoms with Crippen LogP contribution < -0.4 is 11.1 Å². The van der Waals surface area contributed by atoms with Crippen LogP contribution in [0.3, 0.4) is 0 Å². The zero-order chi connectivity index (χ0) is 13.3. The van der Waals surface area contributed by atoms with Crippen LogP contribution in [0.15, 0.2) is 21.8 Å². The molecule has 1 aliphatic heterocycles. The molecule has 114 valence electrons. The van der Waals surface area contributed by atoms with Crippen LogP contribution in [0.1, 0.15) is 12.1 Å². The fourth-order valence-electron chi connectivity index (χ4n) is 1.89. The molecule has 0 saturated carbocycles. The van der Waals surface area contributed by atoms with E-state index in [0.29, 0.717) is 12.5 Å². The van der Waals surface area contributed by atoms with Gasteiger partial charge in [-0.05, 0) is 13.0 Å². The predicted molar refractivity (Wildman–Crippen MR) is 87.1 cm³/mol. The lowest BCUT2D eigenvalue weighted by Gasteiger charge is -2.26. The van der Waals surface area contributed by atoms with Crippen molar-refractivity contribution < 1.29 is 9.26 Å². The fraction of sp³-hybridized carbons (Fsp3) is 0.667. The van der Waals surface area contributed by atoms with Crippen LogP contribution in [0.4, 0.5) is 0 Å². The summed E-state index contributed by atoms with van der Waals surface area (Å²) in [5, 5.41) is 6.86. The first-order chi connectivity index (χ1) is 9.34. The molecule has 0 unspecified atom stereocenters. The molecule has 2 heterocycles. The molecular weight excluding hydrogens is 373 g/mol. The topological polar surface area (TPSA) is 88.9 Å². The van der Waals surface area contributed by atoms with Crippen molar-refractivity contribution in [3.8, 4) is 0 Å². The first-order valence-electron chi connectivity index (χ1n) is 6.58. The summed E-state index contributed by atoms with van der Waals surface area (Å²) in [5.74, 6) is 0.449. The third-order valence-corrected chi connectivity index (χ3v) is 2.96. The van der Waals surface area contributed by atoms with Crippen molar-refractivity contribution in [2.45, 2.75) is 13.0 Å². The van der Waals surface area contributed by atoms with Gasteiger partial charge >= 0.3 is 0 Å². The molecule has 0 atom stereocenters. The van der Waals surface area contributed by atoms with Crippen LogP contribution >= 0.6 is 24.0 Å². The molecule has 0 radical (unpaired) electrons. The van der Waals surface area contributed by atoms with Crippen molar-refractivity contribution in [1.29, 1.82) is 0 Å². The largest absolute Gasteiger partial charge is 0.379 e. The number of hydrogen-bond acceptors (Lipinski definition) is 5. The first-order valence-corrected chi connectivity index (χ1v) is 6.58.